The largest absolute Gasteiger partial charge is 0.323 e. The Bertz CT molecular complexity index is 220. The third kappa shape index (κ3) is 1.98. The second-order valence-electron chi connectivity index (χ2n) is 2.38. The van der Waals surface area contributed by atoms with Gasteiger partial charge in [-0.25, -0.2) is 9.07 Å². The van der Waals surface area contributed by atoms with Gasteiger partial charge < -0.3 is 5.73 Å². The molecule has 1 aromatic heterocycles. The molecule has 0 spiro atoms. The van der Waals surface area contributed by atoms with Gasteiger partial charge in [0.1, 0.15) is 6.67 Å². The fourth-order valence-corrected chi connectivity index (χ4v) is 0.718. The molecule has 0 saturated carbocycles. The van der Waals surface area contributed by atoms with Crippen LogP contribution in [0.4, 0.5) is 4.39 Å². The maximum absolute atomic E-state index is 11.8. The van der Waals surface area contributed by atoms with Crippen molar-refractivity contribution in [3.8, 4) is 0 Å². The van der Waals surface area contributed by atoms with Crippen LogP contribution < -0.4 is 5.73 Å². The van der Waals surface area contributed by atoms with Gasteiger partial charge in [-0.3, -0.25) is 0 Å². The zero-order valence-corrected chi connectivity index (χ0v) is 6.37. The second-order valence-corrected chi connectivity index (χ2v) is 2.38. The molecule has 1 rings (SSSR count). The smallest absolute Gasteiger partial charge is 0.109 e. The third-order valence-corrected chi connectivity index (χ3v) is 1.34. The molecular formula is C6H11FN4. The van der Waals surface area contributed by atoms with Gasteiger partial charge in [0.05, 0.1) is 18.4 Å². The lowest BCUT2D eigenvalue weighted by Gasteiger charge is -1.95. The fourth-order valence-electron chi connectivity index (χ4n) is 0.718. The predicted octanol–water partition coefficient (Wildman–Crippen LogP) is 0.267. The van der Waals surface area contributed by atoms with E-state index in [0.29, 0.717) is 5.69 Å². The molecule has 4 nitrogen and oxygen atoms in total. The lowest BCUT2D eigenvalue weighted by atomic mass is 10.3. The van der Waals surface area contributed by atoms with E-state index in [4.69, 9.17) is 5.73 Å². The Morgan fingerprint density at radius 1 is 1.82 bits per heavy atom. The van der Waals surface area contributed by atoms with E-state index in [2.05, 4.69) is 10.3 Å². The van der Waals surface area contributed by atoms with E-state index >= 15 is 0 Å². The maximum Gasteiger partial charge on any atom is 0.109 e. The van der Waals surface area contributed by atoms with Crippen LogP contribution in [0.15, 0.2) is 6.20 Å². The molecule has 0 aromatic carbocycles. The van der Waals surface area contributed by atoms with Gasteiger partial charge in [-0.05, 0) is 6.92 Å². The SMILES string of the molecule is CC(N)c1cn(CCF)nn1. The topological polar surface area (TPSA) is 56.7 Å². The van der Waals surface area contributed by atoms with Crippen LogP contribution in [0.25, 0.3) is 0 Å². The Morgan fingerprint density at radius 2 is 2.55 bits per heavy atom. The van der Waals surface area contributed by atoms with E-state index in [1.165, 1.54) is 4.68 Å². The quantitative estimate of drug-likeness (QED) is 0.686. The second kappa shape index (κ2) is 3.43. The van der Waals surface area contributed by atoms with Crippen LogP contribution in [-0.4, -0.2) is 21.7 Å². The fraction of sp³-hybridized carbons (Fsp3) is 0.667. The molecule has 0 radical (unpaired) electrons. The maximum atomic E-state index is 11.8. The van der Waals surface area contributed by atoms with Crippen LogP contribution in [0.5, 0.6) is 0 Å². The molecule has 5 heteroatoms. The van der Waals surface area contributed by atoms with Crippen molar-refractivity contribution in [2.45, 2.75) is 19.5 Å². The van der Waals surface area contributed by atoms with Gasteiger partial charge in [-0.2, -0.15) is 0 Å². The Hall–Kier alpha value is -0.970. The zero-order valence-electron chi connectivity index (χ0n) is 6.37. The van der Waals surface area contributed by atoms with Gasteiger partial charge in [0, 0.05) is 6.04 Å². The summed E-state index contributed by atoms with van der Waals surface area (Å²) in [5, 5.41) is 7.43. The van der Waals surface area contributed by atoms with E-state index in [-0.39, 0.29) is 12.6 Å². The number of rotatable bonds is 3. The molecule has 1 unspecified atom stereocenters. The van der Waals surface area contributed by atoms with Crippen molar-refractivity contribution in [2.24, 2.45) is 5.73 Å². The number of hydrogen-bond acceptors (Lipinski definition) is 3. The monoisotopic (exact) mass is 158 g/mol. The molecule has 0 bridgehead atoms. The molecule has 0 aliphatic rings. The molecule has 1 heterocycles. The number of nitrogens with zero attached hydrogens (tertiary/aromatic N) is 3. The highest BCUT2D eigenvalue weighted by Gasteiger charge is 2.03. The van der Waals surface area contributed by atoms with Crippen LogP contribution in [-0.2, 0) is 6.54 Å². The first-order valence-corrected chi connectivity index (χ1v) is 3.45. The standard InChI is InChI=1S/C6H11FN4/c1-5(8)6-4-11(3-2-7)10-9-6/h4-5H,2-3,8H2,1H3. The van der Waals surface area contributed by atoms with Crippen molar-refractivity contribution in [3.05, 3.63) is 11.9 Å². The molecule has 11 heavy (non-hydrogen) atoms. The Balaban J connectivity index is 2.66. The predicted molar refractivity (Wildman–Crippen MR) is 38.6 cm³/mol. The van der Waals surface area contributed by atoms with E-state index in [0.717, 1.165) is 0 Å². The molecule has 62 valence electrons. The average Bonchev–Trinajstić information content (AvgIpc) is 2.37. The molecule has 0 aliphatic heterocycles. The minimum absolute atomic E-state index is 0.136. The highest BCUT2D eigenvalue weighted by molar-refractivity contribution is 4.97. The number of hydrogen-bond donors (Lipinski definition) is 1. The zero-order chi connectivity index (χ0) is 8.27. The summed E-state index contributed by atoms with van der Waals surface area (Å²) in [5.41, 5.74) is 6.21. The van der Waals surface area contributed by atoms with Crippen LogP contribution in [0.1, 0.15) is 18.7 Å². The summed E-state index contributed by atoms with van der Waals surface area (Å²) in [7, 11) is 0. The van der Waals surface area contributed by atoms with Crippen molar-refractivity contribution in [3.63, 3.8) is 0 Å². The summed E-state index contributed by atoms with van der Waals surface area (Å²) < 4.78 is 13.2. The van der Waals surface area contributed by atoms with E-state index < -0.39 is 6.67 Å². The molecule has 0 amide bonds. The van der Waals surface area contributed by atoms with Crippen LogP contribution in [0, 0.1) is 0 Å². The molecule has 1 atom stereocenters. The molecule has 0 saturated heterocycles. The number of nitrogens with two attached hydrogens (primary N) is 1. The van der Waals surface area contributed by atoms with Crippen molar-refractivity contribution in [1.29, 1.82) is 0 Å². The van der Waals surface area contributed by atoms with E-state index in [1.54, 1.807) is 6.20 Å². The van der Waals surface area contributed by atoms with Gasteiger partial charge in [0.25, 0.3) is 0 Å². The van der Waals surface area contributed by atoms with Gasteiger partial charge in [0.15, 0.2) is 0 Å². The summed E-state index contributed by atoms with van der Waals surface area (Å²) in [6.07, 6.45) is 1.66. The summed E-state index contributed by atoms with van der Waals surface area (Å²) in [5.74, 6) is 0. The lowest BCUT2D eigenvalue weighted by molar-refractivity contribution is 0.422. The molecule has 0 fully saturated rings. The van der Waals surface area contributed by atoms with Crippen molar-refractivity contribution < 1.29 is 4.39 Å². The molecule has 1 aromatic rings. The Labute approximate surface area is 64.2 Å². The first-order chi connectivity index (χ1) is 5.24. The minimum Gasteiger partial charge on any atom is -0.323 e. The first-order valence-electron chi connectivity index (χ1n) is 3.45. The van der Waals surface area contributed by atoms with Crippen molar-refractivity contribution in [1.82, 2.24) is 15.0 Å². The molecule has 0 aliphatic carbocycles. The van der Waals surface area contributed by atoms with Gasteiger partial charge in [-0.1, -0.05) is 5.21 Å². The minimum atomic E-state index is -0.429. The number of aryl methyl sites for hydroxylation is 1. The summed E-state index contributed by atoms with van der Waals surface area (Å²) in [4.78, 5) is 0. The normalized spacial score (nSPS) is 13.4. The van der Waals surface area contributed by atoms with Crippen LogP contribution in [0.2, 0.25) is 0 Å². The summed E-state index contributed by atoms with van der Waals surface area (Å²) >= 11 is 0. The third-order valence-electron chi connectivity index (χ3n) is 1.34. The number of aromatic nitrogens is 3. The summed E-state index contributed by atoms with van der Waals surface area (Å²) in [6.45, 7) is 1.63. The summed E-state index contributed by atoms with van der Waals surface area (Å²) in [6, 6.07) is -0.136. The van der Waals surface area contributed by atoms with Gasteiger partial charge >= 0.3 is 0 Å². The van der Waals surface area contributed by atoms with Crippen molar-refractivity contribution in [2.75, 3.05) is 6.67 Å². The van der Waals surface area contributed by atoms with Gasteiger partial charge in [-0.15, -0.1) is 5.10 Å². The first kappa shape index (κ1) is 8.13. The van der Waals surface area contributed by atoms with Gasteiger partial charge in [0.2, 0.25) is 0 Å². The molecule has 2 N–H and O–H groups in total. The lowest BCUT2D eigenvalue weighted by Crippen LogP contribution is -2.05. The Kier molecular flexibility index (Phi) is 2.53. The van der Waals surface area contributed by atoms with Crippen LogP contribution >= 0.6 is 0 Å². The number of alkyl halides is 1. The average molecular weight is 158 g/mol. The highest BCUT2D eigenvalue weighted by Crippen LogP contribution is 2.02. The Morgan fingerprint density at radius 3 is 3.00 bits per heavy atom. The van der Waals surface area contributed by atoms with Crippen LogP contribution in [0.3, 0.4) is 0 Å². The van der Waals surface area contributed by atoms with Crippen molar-refractivity contribution >= 4 is 0 Å². The number of halogens is 1. The highest BCUT2D eigenvalue weighted by atomic mass is 19.1. The molecular weight excluding hydrogens is 147 g/mol. The van der Waals surface area contributed by atoms with E-state index in [9.17, 15) is 4.39 Å². The van der Waals surface area contributed by atoms with E-state index in [1.807, 2.05) is 6.92 Å².